The van der Waals surface area contributed by atoms with Crippen LogP contribution in [0.5, 0.6) is 5.75 Å². The van der Waals surface area contributed by atoms with E-state index in [1.807, 2.05) is 52.0 Å². The van der Waals surface area contributed by atoms with E-state index in [9.17, 15) is 31.7 Å². The summed E-state index contributed by atoms with van der Waals surface area (Å²) >= 11 is 26.9. The molecule has 59 heavy (non-hydrogen) atoms. The van der Waals surface area contributed by atoms with Crippen LogP contribution in [0.3, 0.4) is 0 Å². The Bertz CT molecular complexity index is 2180. The summed E-state index contributed by atoms with van der Waals surface area (Å²) in [6, 6.07) is 5.23. The third-order valence-corrected chi connectivity index (χ3v) is 13.4. The van der Waals surface area contributed by atoms with Gasteiger partial charge < -0.3 is 23.3 Å². The van der Waals surface area contributed by atoms with E-state index < -0.39 is 51.5 Å². The van der Waals surface area contributed by atoms with Crippen LogP contribution in [0.15, 0.2) is 87.7 Å². The number of anilines is 1. The predicted molar refractivity (Wildman–Crippen MR) is 239 cm³/mol. The number of esters is 1. The zero-order valence-corrected chi connectivity index (χ0v) is 38.5. The summed E-state index contributed by atoms with van der Waals surface area (Å²) < 4.78 is 57.6. The van der Waals surface area contributed by atoms with Crippen LogP contribution in [0.25, 0.3) is 0 Å². The fraction of sp³-hybridized carbons (Fsp3) is 0.342. The smallest absolute Gasteiger partial charge is 0.340 e. The number of rotatable bonds is 16. The van der Waals surface area contributed by atoms with Gasteiger partial charge in [0.15, 0.2) is 34.5 Å². The summed E-state index contributed by atoms with van der Waals surface area (Å²) in [5.74, 6) is -1.59. The number of fused-ring (bicyclic) bond motifs is 1. The predicted octanol–water partition coefficient (Wildman–Crippen LogP) is 9.63. The first-order valence-corrected chi connectivity index (χ1v) is 22.8. The van der Waals surface area contributed by atoms with E-state index in [1.54, 1.807) is 30.4 Å². The van der Waals surface area contributed by atoms with Crippen molar-refractivity contribution in [1.29, 1.82) is 0 Å². The largest absolute Gasteiger partial charge is 0.421 e. The quantitative estimate of drug-likeness (QED) is 0.0144. The highest BCUT2D eigenvalue weighted by Gasteiger charge is 2.40. The Kier molecular flexibility index (Phi) is 17.7. The van der Waals surface area contributed by atoms with Crippen molar-refractivity contribution in [3.63, 3.8) is 0 Å². The van der Waals surface area contributed by atoms with E-state index in [-0.39, 0.29) is 48.6 Å². The molecule has 0 radical (unpaired) electrons. The molecule has 0 spiro atoms. The number of ether oxygens (including phenoxy) is 1. The first-order valence-electron chi connectivity index (χ1n) is 17.5. The minimum Gasteiger partial charge on any atom is -0.421 e. The second-order valence-electron chi connectivity index (χ2n) is 13.9. The number of benzene rings is 2. The van der Waals surface area contributed by atoms with E-state index in [0.29, 0.717) is 34.9 Å². The molecule has 4 rings (SSSR count). The molecule has 0 bridgehead atoms. The number of allylic oxidation sites excluding steroid dienone is 7. The maximum absolute atomic E-state index is 13.5. The Hall–Kier alpha value is -2.71. The summed E-state index contributed by atoms with van der Waals surface area (Å²) in [6.45, 7) is 7.68. The molecule has 2 aromatic carbocycles. The van der Waals surface area contributed by atoms with Crippen LogP contribution in [0.2, 0.25) is 25.1 Å². The number of hydroxylamine groups is 2. The molecule has 2 heterocycles. The summed E-state index contributed by atoms with van der Waals surface area (Å²) in [5, 5.41) is 4.34. The Morgan fingerprint density at radius 3 is 2.27 bits per heavy atom. The van der Waals surface area contributed by atoms with Crippen LogP contribution in [0, 0.1) is 5.41 Å². The molecule has 1 amide bonds. The normalized spacial score (nSPS) is 20.5. The van der Waals surface area contributed by atoms with E-state index in [0.717, 1.165) is 34.1 Å². The maximum atomic E-state index is 13.5. The van der Waals surface area contributed by atoms with Gasteiger partial charge in [-0.3, -0.25) is 15.1 Å². The number of halogens is 5. The van der Waals surface area contributed by atoms with Gasteiger partial charge in [0.1, 0.15) is 10.0 Å². The number of carbonyl (C=O) groups is 2. The molecule has 2 unspecified atom stereocenters. The van der Waals surface area contributed by atoms with E-state index in [2.05, 4.69) is 15.4 Å². The van der Waals surface area contributed by atoms with Crippen molar-refractivity contribution in [3.05, 3.63) is 108 Å². The molecule has 13 nitrogen and oxygen atoms in total. The van der Waals surface area contributed by atoms with Gasteiger partial charge in [-0.2, -0.15) is 5.10 Å². The zero-order chi connectivity index (χ0) is 43.8. The lowest BCUT2D eigenvalue weighted by atomic mass is 9.77. The van der Waals surface area contributed by atoms with Gasteiger partial charge in [-0.15, -0.1) is 0 Å². The molecule has 2 aliphatic rings. The summed E-state index contributed by atoms with van der Waals surface area (Å²) in [4.78, 5) is 34.0. The third-order valence-electron chi connectivity index (χ3n) is 9.43. The van der Waals surface area contributed by atoms with Gasteiger partial charge >= 0.3 is 5.97 Å². The van der Waals surface area contributed by atoms with Gasteiger partial charge in [0.05, 0.1) is 37.0 Å². The van der Waals surface area contributed by atoms with Gasteiger partial charge in [-0.05, 0) is 66.9 Å². The molecule has 21 heteroatoms. The fourth-order valence-electron chi connectivity index (χ4n) is 6.19. The zero-order valence-electron chi connectivity index (χ0n) is 32.3. The van der Waals surface area contributed by atoms with Crippen LogP contribution < -0.4 is 15.1 Å². The van der Waals surface area contributed by atoms with E-state index in [4.69, 9.17) is 67.6 Å². The monoisotopic (exact) mass is 968 g/mol. The first kappa shape index (κ1) is 49.0. The molecule has 4 N–H and O–H groups in total. The van der Waals surface area contributed by atoms with Crippen molar-refractivity contribution >= 4 is 115 Å². The molecule has 2 atom stereocenters. The summed E-state index contributed by atoms with van der Waals surface area (Å²) in [6.07, 6.45) is 13.0. The molecule has 0 aromatic heterocycles. The molecule has 0 saturated carbocycles. The third kappa shape index (κ3) is 11.8. The second kappa shape index (κ2) is 21.4. The van der Waals surface area contributed by atoms with Crippen molar-refractivity contribution in [2.24, 2.45) is 10.5 Å². The highest BCUT2D eigenvalue weighted by molar-refractivity contribution is 7.93. The Morgan fingerprint density at radius 2 is 1.64 bits per heavy atom. The topological polar surface area (TPSA) is 178 Å². The van der Waals surface area contributed by atoms with Gasteiger partial charge in [0.25, 0.3) is 5.91 Å². The molecule has 2 aromatic rings. The average Bonchev–Trinajstić information content (AvgIpc) is 3.39. The van der Waals surface area contributed by atoms with E-state index >= 15 is 0 Å². The lowest BCUT2D eigenvalue weighted by Crippen LogP contribution is -2.34. The number of nitrogens with one attached hydrogen (secondary N) is 1. The number of hydrazone groups is 1. The summed E-state index contributed by atoms with van der Waals surface area (Å²) in [5.41, 5.74) is 5.45. The molecular weight excluding hydrogens is 930 g/mol. The van der Waals surface area contributed by atoms with Gasteiger partial charge in [0, 0.05) is 47.8 Å². The van der Waals surface area contributed by atoms with Crippen LogP contribution in [-0.2, 0) is 42.0 Å². The van der Waals surface area contributed by atoms with Crippen LogP contribution >= 0.6 is 70.0 Å². The molecule has 0 saturated heterocycles. The second-order valence-corrected chi connectivity index (χ2v) is 18.5. The molecule has 320 valence electrons. The maximum Gasteiger partial charge on any atom is 0.340 e. The highest BCUT2D eigenvalue weighted by Crippen LogP contribution is 2.49. The van der Waals surface area contributed by atoms with Crippen molar-refractivity contribution in [1.82, 2.24) is 10.5 Å². The van der Waals surface area contributed by atoms with Gasteiger partial charge in [-0.1, -0.05) is 110 Å². The molecule has 0 fully saturated rings. The fourth-order valence-corrected chi connectivity index (χ4v) is 8.45. The molecule has 2 aliphatic heterocycles. The number of likely N-dealkylation sites (N-methyl/N-ethyl adjacent to an activating group) is 1. The molecule has 0 aliphatic carbocycles. The lowest BCUT2D eigenvalue weighted by molar-refractivity contribution is -0.181. The highest BCUT2D eigenvalue weighted by atomic mass is 35.5. The Balaban J connectivity index is 1.54. The average molecular weight is 971 g/mol. The SMILES string of the molecule is CN(OCC(=O)Oc1c(Cl)c(Cl)c(Cl)c(Cl)c1Cl)C(=O)C1=C\N/N=C(/C=C/C=C/C=C2/N(CCCSO)c3ccc(S(=O)O)cc3C2(C)C)C(C)(C)\C(CCS(=O)O)=C\1. The Morgan fingerprint density at radius 1 is 0.983 bits per heavy atom. The van der Waals surface area contributed by atoms with Crippen LogP contribution in [0.1, 0.15) is 46.1 Å². The number of amides is 1. The molecular formula is C38H41Cl5N4O9S3. The van der Waals surface area contributed by atoms with Gasteiger partial charge in [-0.25, -0.2) is 18.3 Å². The minimum atomic E-state index is -2.14. The number of nitrogens with zero attached hydrogens (tertiary/aromatic N) is 3. The Labute approximate surface area is 376 Å². The standard InChI is InChI=1S/C38H41Cl5N4O9S3/c1-37(2)23(14-17-58(51)52)18-22(36(49)46(5)55-21-29(48)56-35-33(42)31(40)30(39)32(41)34(35)43)20-44-45-27(37)10-7-6-8-11-28-38(3,4)25-19-24(59(53)54)12-13-26(25)47(28)15-9-16-57-50/h6-8,10-13,18-20,44,50H,9,14-17,21H2,1-5H3,(H,51,52)(H,53,54)/b8-6+,10-7+,22-20-,23-18+,28-11+,45-27-. The number of carbonyl (C=O) groups excluding carboxylic acids is 2. The van der Waals surface area contributed by atoms with Crippen molar-refractivity contribution in [3.8, 4) is 5.75 Å². The number of hydrogen-bond donors (Lipinski definition) is 4. The minimum absolute atomic E-state index is 0.0629. The summed E-state index contributed by atoms with van der Waals surface area (Å²) in [7, 11) is 1.28. The van der Waals surface area contributed by atoms with Crippen molar-refractivity contribution in [2.45, 2.75) is 50.8 Å². The van der Waals surface area contributed by atoms with Crippen molar-refractivity contribution < 1.29 is 41.2 Å². The van der Waals surface area contributed by atoms with Crippen LogP contribution in [-0.4, -0.2) is 76.4 Å². The van der Waals surface area contributed by atoms with Gasteiger partial charge in [0.2, 0.25) is 0 Å². The number of hydrogen-bond acceptors (Lipinski definition) is 11. The lowest BCUT2D eigenvalue weighted by Gasteiger charge is -2.30. The first-order chi connectivity index (χ1) is 27.7. The van der Waals surface area contributed by atoms with Crippen LogP contribution in [0.4, 0.5) is 5.69 Å². The van der Waals surface area contributed by atoms with E-state index in [1.165, 1.54) is 13.2 Å². The van der Waals surface area contributed by atoms with Crippen molar-refractivity contribution in [2.75, 3.05) is 36.6 Å².